The average molecular weight is 179 g/mol. The van der Waals surface area contributed by atoms with Gasteiger partial charge in [0.25, 0.3) is 0 Å². The first-order chi connectivity index (χ1) is 4.20. The molecular formula is C5H3ClOS2. The van der Waals surface area contributed by atoms with Crippen LogP contribution < -0.4 is 0 Å². The van der Waals surface area contributed by atoms with E-state index in [-0.39, 0.29) is 5.12 Å². The van der Waals surface area contributed by atoms with E-state index >= 15 is 0 Å². The van der Waals surface area contributed by atoms with Crippen LogP contribution in [0.4, 0.5) is 0 Å². The third kappa shape index (κ3) is 1.71. The van der Waals surface area contributed by atoms with Crippen molar-refractivity contribution in [3.05, 3.63) is 21.3 Å². The molecule has 1 nitrogen and oxygen atoms in total. The molecule has 0 saturated heterocycles. The highest BCUT2D eigenvalue weighted by Crippen LogP contribution is 2.22. The highest BCUT2D eigenvalue weighted by molar-refractivity contribution is 7.97. The SMILES string of the molecule is O=C(S)c1ccc(Cl)s1. The zero-order valence-corrected chi connectivity index (χ0v) is 6.76. The second-order valence-electron chi connectivity index (χ2n) is 1.41. The van der Waals surface area contributed by atoms with Crippen LogP contribution in [0, 0.1) is 0 Å². The second kappa shape index (κ2) is 2.73. The number of rotatable bonds is 1. The van der Waals surface area contributed by atoms with Crippen LogP contribution in [0.5, 0.6) is 0 Å². The van der Waals surface area contributed by atoms with Crippen molar-refractivity contribution < 1.29 is 4.79 Å². The lowest BCUT2D eigenvalue weighted by Crippen LogP contribution is -1.78. The van der Waals surface area contributed by atoms with Crippen LogP contribution in [0.2, 0.25) is 4.34 Å². The molecule has 48 valence electrons. The minimum absolute atomic E-state index is 0.230. The van der Waals surface area contributed by atoms with Crippen molar-refractivity contribution in [2.75, 3.05) is 0 Å². The van der Waals surface area contributed by atoms with Gasteiger partial charge in [0.05, 0.1) is 9.21 Å². The van der Waals surface area contributed by atoms with E-state index in [2.05, 4.69) is 12.6 Å². The topological polar surface area (TPSA) is 17.1 Å². The Morgan fingerprint density at radius 1 is 1.67 bits per heavy atom. The van der Waals surface area contributed by atoms with Gasteiger partial charge in [0.2, 0.25) is 5.12 Å². The summed E-state index contributed by atoms with van der Waals surface area (Å²) in [5.74, 6) is 0. The van der Waals surface area contributed by atoms with Gasteiger partial charge in [-0.25, -0.2) is 0 Å². The van der Waals surface area contributed by atoms with Crippen LogP contribution in [-0.4, -0.2) is 5.12 Å². The summed E-state index contributed by atoms with van der Waals surface area (Å²) in [5.41, 5.74) is 0. The first-order valence-corrected chi connectivity index (χ1v) is 3.83. The van der Waals surface area contributed by atoms with Crippen LogP contribution in [-0.2, 0) is 0 Å². The van der Waals surface area contributed by atoms with Gasteiger partial charge in [0.1, 0.15) is 0 Å². The van der Waals surface area contributed by atoms with Crippen LogP contribution >= 0.6 is 35.6 Å². The molecule has 4 heteroatoms. The molecule has 0 atom stereocenters. The minimum atomic E-state index is -0.230. The number of halogens is 1. The van der Waals surface area contributed by atoms with E-state index in [9.17, 15) is 4.79 Å². The summed E-state index contributed by atoms with van der Waals surface area (Å²) in [6.45, 7) is 0. The Hall–Kier alpha value is 0.01000. The Labute approximate surface area is 67.1 Å². The average Bonchev–Trinajstić information content (AvgIpc) is 2.14. The molecule has 1 heterocycles. The summed E-state index contributed by atoms with van der Waals surface area (Å²) in [5, 5.41) is -0.230. The molecule has 0 saturated carbocycles. The predicted molar refractivity (Wildman–Crippen MR) is 42.6 cm³/mol. The van der Waals surface area contributed by atoms with Gasteiger partial charge in [-0.05, 0) is 12.1 Å². The number of hydrogen-bond donors (Lipinski definition) is 1. The Kier molecular flexibility index (Phi) is 2.16. The monoisotopic (exact) mass is 178 g/mol. The molecule has 1 aromatic heterocycles. The predicted octanol–water partition coefficient (Wildman–Crippen LogP) is 2.47. The van der Waals surface area contributed by atoms with Gasteiger partial charge in [-0.2, -0.15) is 0 Å². The molecule has 0 aliphatic carbocycles. The minimum Gasteiger partial charge on any atom is -0.281 e. The van der Waals surface area contributed by atoms with E-state index in [0.717, 1.165) is 0 Å². The van der Waals surface area contributed by atoms with Crippen LogP contribution in [0.1, 0.15) is 9.67 Å². The number of thiophene rings is 1. The second-order valence-corrected chi connectivity index (χ2v) is 3.53. The van der Waals surface area contributed by atoms with Gasteiger partial charge in [-0.3, -0.25) is 4.79 Å². The number of carbonyl (C=O) groups excluding carboxylic acids is 1. The number of thiol groups is 1. The molecule has 0 N–H and O–H groups in total. The van der Waals surface area contributed by atoms with E-state index < -0.39 is 0 Å². The summed E-state index contributed by atoms with van der Waals surface area (Å²) in [4.78, 5) is 11.1. The molecule has 9 heavy (non-hydrogen) atoms. The lowest BCUT2D eigenvalue weighted by atomic mass is 10.5. The lowest BCUT2D eigenvalue weighted by molar-refractivity contribution is 0.109. The zero-order valence-electron chi connectivity index (χ0n) is 4.30. The maximum atomic E-state index is 10.5. The van der Waals surface area contributed by atoms with E-state index in [0.29, 0.717) is 9.21 Å². The molecule has 1 aromatic rings. The van der Waals surface area contributed by atoms with E-state index in [4.69, 9.17) is 11.6 Å². The van der Waals surface area contributed by atoms with Gasteiger partial charge >= 0.3 is 0 Å². The van der Waals surface area contributed by atoms with Gasteiger partial charge in [0.15, 0.2) is 0 Å². The zero-order chi connectivity index (χ0) is 6.85. The summed E-state index contributed by atoms with van der Waals surface area (Å²) in [6.07, 6.45) is 0. The van der Waals surface area contributed by atoms with Crippen LogP contribution in [0.3, 0.4) is 0 Å². The molecule has 0 bridgehead atoms. The van der Waals surface area contributed by atoms with Crippen LogP contribution in [0.15, 0.2) is 12.1 Å². The maximum Gasteiger partial charge on any atom is 0.226 e. The fourth-order valence-electron chi connectivity index (χ4n) is 0.429. The Balaban J connectivity index is 2.98. The van der Waals surface area contributed by atoms with Crippen molar-refractivity contribution in [1.82, 2.24) is 0 Å². The molecule has 0 aliphatic heterocycles. The number of hydrogen-bond acceptors (Lipinski definition) is 2. The summed E-state index contributed by atoms with van der Waals surface area (Å²) < 4.78 is 0.618. The molecule has 0 fully saturated rings. The van der Waals surface area contributed by atoms with Gasteiger partial charge in [-0.1, -0.05) is 24.2 Å². The van der Waals surface area contributed by atoms with Crippen molar-refractivity contribution in [3.63, 3.8) is 0 Å². The van der Waals surface area contributed by atoms with E-state index in [1.807, 2.05) is 0 Å². The molecular weight excluding hydrogens is 176 g/mol. The van der Waals surface area contributed by atoms with Crippen molar-refractivity contribution in [1.29, 1.82) is 0 Å². The van der Waals surface area contributed by atoms with Crippen molar-refractivity contribution in [3.8, 4) is 0 Å². The van der Waals surface area contributed by atoms with Crippen molar-refractivity contribution in [2.24, 2.45) is 0 Å². The number of carbonyl (C=O) groups is 1. The van der Waals surface area contributed by atoms with Crippen molar-refractivity contribution in [2.45, 2.75) is 0 Å². The quantitative estimate of drug-likeness (QED) is 0.654. The third-order valence-electron chi connectivity index (χ3n) is 0.784. The first kappa shape index (κ1) is 7.12. The molecule has 0 aliphatic rings. The Morgan fingerprint density at radius 3 is 2.56 bits per heavy atom. The van der Waals surface area contributed by atoms with Gasteiger partial charge < -0.3 is 0 Å². The maximum absolute atomic E-state index is 10.5. The van der Waals surface area contributed by atoms with Crippen molar-refractivity contribution >= 4 is 40.7 Å². The fourth-order valence-corrected chi connectivity index (χ4v) is 1.52. The first-order valence-electron chi connectivity index (χ1n) is 2.19. The summed E-state index contributed by atoms with van der Waals surface area (Å²) >= 11 is 10.4. The standard InChI is InChI=1S/C5H3ClOS2/c6-4-2-1-3(9-4)5(7)8/h1-2H,(H,7,8). The van der Waals surface area contributed by atoms with Gasteiger partial charge in [-0.15, -0.1) is 11.3 Å². The molecule has 1 rings (SSSR count). The lowest BCUT2D eigenvalue weighted by Gasteiger charge is -1.79. The Bertz CT molecular complexity index is 231. The van der Waals surface area contributed by atoms with Crippen LogP contribution in [0.25, 0.3) is 0 Å². The Morgan fingerprint density at radius 2 is 2.33 bits per heavy atom. The highest BCUT2D eigenvalue weighted by Gasteiger charge is 2.01. The largest absolute Gasteiger partial charge is 0.281 e. The summed E-state index contributed by atoms with van der Waals surface area (Å²) in [7, 11) is 0. The molecule has 0 aromatic carbocycles. The third-order valence-corrected chi connectivity index (χ3v) is 2.41. The molecule has 0 spiro atoms. The molecule has 0 radical (unpaired) electrons. The normalized spacial score (nSPS) is 9.56. The molecule has 0 amide bonds. The smallest absolute Gasteiger partial charge is 0.226 e. The van der Waals surface area contributed by atoms with E-state index in [1.165, 1.54) is 11.3 Å². The van der Waals surface area contributed by atoms with Gasteiger partial charge in [0, 0.05) is 0 Å². The summed E-state index contributed by atoms with van der Waals surface area (Å²) in [6, 6.07) is 3.33. The molecule has 0 unspecified atom stereocenters. The van der Waals surface area contributed by atoms with E-state index in [1.54, 1.807) is 12.1 Å². The highest BCUT2D eigenvalue weighted by atomic mass is 35.5. The fraction of sp³-hybridized carbons (Fsp3) is 0.